The zero-order chi connectivity index (χ0) is 14.0. The van der Waals surface area contributed by atoms with Crippen LogP contribution in [-0.2, 0) is 12.8 Å². The molecule has 5 heteroatoms. The molecule has 0 bridgehead atoms. The number of pyridine rings is 1. The molecule has 5 nitrogen and oxygen atoms in total. The Morgan fingerprint density at radius 2 is 2.25 bits per heavy atom. The Kier molecular flexibility index (Phi) is 3.53. The summed E-state index contributed by atoms with van der Waals surface area (Å²) in [5, 5.41) is 4.08. The Bertz CT molecular complexity index is 584. The van der Waals surface area contributed by atoms with Crippen LogP contribution >= 0.6 is 0 Å². The molecule has 0 unspecified atom stereocenters. The second kappa shape index (κ2) is 5.32. The van der Waals surface area contributed by atoms with Crippen molar-refractivity contribution < 1.29 is 4.52 Å². The molecule has 2 heterocycles. The van der Waals surface area contributed by atoms with Crippen molar-refractivity contribution in [2.45, 2.75) is 39.0 Å². The smallest absolute Gasteiger partial charge is 0.227 e. The van der Waals surface area contributed by atoms with Crippen LogP contribution < -0.4 is 5.73 Å². The van der Waals surface area contributed by atoms with Crippen LogP contribution in [0.3, 0.4) is 0 Å². The molecule has 20 heavy (non-hydrogen) atoms. The normalized spacial score (nSPS) is 16.9. The molecular formula is C15H20N4O. The predicted octanol–water partition coefficient (Wildman–Crippen LogP) is 2.37. The molecule has 1 aliphatic carbocycles. The molecule has 2 aromatic rings. The summed E-state index contributed by atoms with van der Waals surface area (Å²) in [4.78, 5) is 8.88. The number of nitrogens with zero attached hydrogens (tertiary/aromatic N) is 3. The van der Waals surface area contributed by atoms with Gasteiger partial charge in [-0.15, -0.1) is 0 Å². The Morgan fingerprint density at radius 1 is 1.40 bits per heavy atom. The molecule has 0 radical (unpaired) electrons. The first kappa shape index (κ1) is 13.2. The van der Waals surface area contributed by atoms with Crippen molar-refractivity contribution in [3.8, 4) is 11.5 Å². The highest BCUT2D eigenvalue weighted by molar-refractivity contribution is 5.53. The third-order valence-corrected chi connectivity index (χ3v) is 4.33. The van der Waals surface area contributed by atoms with Crippen molar-refractivity contribution >= 4 is 0 Å². The Labute approximate surface area is 118 Å². The lowest BCUT2D eigenvalue weighted by molar-refractivity contribution is 0.129. The lowest BCUT2D eigenvalue weighted by atomic mass is 9.67. The van der Waals surface area contributed by atoms with E-state index in [-0.39, 0.29) is 5.41 Å². The highest BCUT2D eigenvalue weighted by Gasteiger charge is 2.37. The lowest BCUT2D eigenvalue weighted by Crippen LogP contribution is -2.39. The van der Waals surface area contributed by atoms with E-state index in [0.29, 0.717) is 18.3 Å². The first-order valence-electron chi connectivity index (χ1n) is 7.23. The average Bonchev–Trinajstić information content (AvgIpc) is 2.91. The van der Waals surface area contributed by atoms with Gasteiger partial charge in [0, 0.05) is 12.6 Å². The van der Waals surface area contributed by atoms with Gasteiger partial charge in [-0.1, -0.05) is 24.6 Å². The molecule has 0 spiro atoms. The first-order chi connectivity index (χ1) is 9.76. The number of aryl methyl sites for hydroxylation is 1. The molecule has 0 aromatic carbocycles. The minimum atomic E-state index is 0.182. The van der Waals surface area contributed by atoms with E-state index in [1.807, 2.05) is 12.1 Å². The van der Waals surface area contributed by atoms with Gasteiger partial charge in [0.2, 0.25) is 11.7 Å². The van der Waals surface area contributed by atoms with E-state index in [1.165, 1.54) is 6.42 Å². The van der Waals surface area contributed by atoms with Crippen LogP contribution in [0.4, 0.5) is 0 Å². The van der Waals surface area contributed by atoms with Gasteiger partial charge in [-0.05, 0) is 42.9 Å². The number of rotatable bonds is 5. The molecule has 0 saturated heterocycles. The van der Waals surface area contributed by atoms with Crippen molar-refractivity contribution in [2.75, 3.05) is 6.54 Å². The minimum absolute atomic E-state index is 0.182. The number of aromatic nitrogens is 3. The standard InChI is InChI=1S/C15H20N4O/c1-2-11-5-3-8-17-13(11)14-18-12(20-19-14)9-15(10-16)6-4-7-15/h3,5,8H,2,4,6-7,9-10,16H2,1H3. The van der Waals surface area contributed by atoms with Gasteiger partial charge in [-0.25, -0.2) is 0 Å². The molecule has 0 atom stereocenters. The summed E-state index contributed by atoms with van der Waals surface area (Å²) in [5.74, 6) is 1.27. The maximum atomic E-state index is 5.88. The fourth-order valence-corrected chi connectivity index (χ4v) is 2.80. The predicted molar refractivity (Wildman–Crippen MR) is 75.9 cm³/mol. The monoisotopic (exact) mass is 272 g/mol. The maximum absolute atomic E-state index is 5.88. The van der Waals surface area contributed by atoms with E-state index in [9.17, 15) is 0 Å². The van der Waals surface area contributed by atoms with Crippen molar-refractivity contribution in [2.24, 2.45) is 11.1 Å². The molecule has 1 saturated carbocycles. The van der Waals surface area contributed by atoms with Crippen LogP contribution in [0.15, 0.2) is 22.9 Å². The van der Waals surface area contributed by atoms with E-state index in [2.05, 4.69) is 22.0 Å². The molecule has 0 aliphatic heterocycles. The van der Waals surface area contributed by atoms with Crippen molar-refractivity contribution in [1.29, 1.82) is 0 Å². The van der Waals surface area contributed by atoms with Crippen LogP contribution in [0.25, 0.3) is 11.5 Å². The maximum Gasteiger partial charge on any atom is 0.227 e. The summed E-state index contributed by atoms with van der Waals surface area (Å²) in [7, 11) is 0. The first-order valence-corrected chi connectivity index (χ1v) is 7.23. The summed E-state index contributed by atoms with van der Waals surface area (Å²) in [5.41, 5.74) is 8.02. The number of nitrogens with two attached hydrogens (primary N) is 1. The van der Waals surface area contributed by atoms with Crippen LogP contribution in [0, 0.1) is 5.41 Å². The molecule has 106 valence electrons. The highest BCUT2D eigenvalue weighted by Crippen LogP contribution is 2.42. The molecule has 3 rings (SSSR count). The summed E-state index contributed by atoms with van der Waals surface area (Å²) < 4.78 is 5.40. The van der Waals surface area contributed by atoms with Crippen molar-refractivity contribution in [1.82, 2.24) is 15.1 Å². The summed E-state index contributed by atoms with van der Waals surface area (Å²) in [6.07, 6.45) is 7.01. The van der Waals surface area contributed by atoms with Crippen LogP contribution in [0.1, 0.15) is 37.6 Å². The third-order valence-electron chi connectivity index (χ3n) is 4.33. The summed E-state index contributed by atoms with van der Waals surface area (Å²) in [6.45, 7) is 2.79. The van der Waals surface area contributed by atoms with Gasteiger partial charge >= 0.3 is 0 Å². The van der Waals surface area contributed by atoms with Crippen molar-refractivity contribution in [3.63, 3.8) is 0 Å². The van der Waals surface area contributed by atoms with E-state index in [0.717, 1.165) is 36.9 Å². The SMILES string of the molecule is CCc1cccnc1-c1noc(CC2(CN)CCC2)n1. The fourth-order valence-electron chi connectivity index (χ4n) is 2.80. The average molecular weight is 272 g/mol. The third kappa shape index (κ3) is 2.33. The van der Waals surface area contributed by atoms with Gasteiger partial charge in [0.25, 0.3) is 0 Å². The highest BCUT2D eigenvalue weighted by atomic mass is 16.5. The quantitative estimate of drug-likeness (QED) is 0.904. The summed E-state index contributed by atoms with van der Waals surface area (Å²) in [6, 6.07) is 3.98. The Morgan fingerprint density at radius 3 is 2.90 bits per heavy atom. The topological polar surface area (TPSA) is 77.8 Å². The molecular weight excluding hydrogens is 252 g/mol. The number of hydrogen-bond donors (Lipinski definition) is 1. The van der Waals surface area contributed by atoms with Crippen LogP contribution in [0.2, 0.25) is 0 Å². The van der Waals surface area contributed by atoms with Gasteiger partial charge < -0.3 is 10.3 Å². The van der Waals surface area contributed by atoms with Gasteiger partial charge in [-0.3, -0.25) is 4.98 Å². The fraction of sp³-hybridized carbons (Fsp3) is 0.533. The Balaban J connectivity index is 1.83. The molecule has 2 aromatic heterocycles. The van der Waals surface area contributed by atoms with Gasteiger partial charge in [-0.2, -0.15) is 4.98 Å². The van der Waals surface area contributed by atoms with Gasteiger partial charge in [0.1, 0.15) is 5.69 Å². The molecule has 1 aliphatic rings. The van der Waals surface area contributed by atoms with E-state index in [1.54, 1.807) is 6.20 Å². The second-order valence-electron chi connectivity index (χ2n) is 5.61. The molecule has 0 amide bonds. The Hall–Kier alpha value is -1.75. The molecule has 1 fully saturated rings. The van der Waals surface area contributed by atoms with Crippen LogP contribution in [-0.4, -0.2) is 21.7 Å². The van der Waals surface area contributed by atoms with E-state index >= 15 is 0 Å². The molecule has 2 N–H and O–H groups in total. The van der Waals surface area contributed by atoms with E-state index in [4.69, 9.17) is 10.3 Å². The largest absolute Gasteiger partial charge is 0.339 e. The van der Waals surface area contributed by atoms with Crippen LogP contribution in [0.5, 0.6) is 0 Å². The van der Waals surface area contributed by atoms with Gasteiger partial charge in [0.05, 0.1) is 0 Å². The van der Waals surface area contributed by atoms with Gasteiger partial charge in [0.15, 0.2) is 0 Å². The lowest BCUT2D eigenvalue weighted by Gasteiger charge is -2.39. The second-order valence-corrected chi connectivity index (χ2v) is 5.61. The zero-order valence-electron chi connectivity index (χ0n) is 11.8. The zero-order valence-corrected chi connectivity index (χ0v) is 11.8. The minimum Gasteiger partial charge on any atom is -0.339 e. The van der Waals surface area contributed by atoms with E-state index < -0.39 is 0 Å². The van der Waals surface area contributed by atoms with Crippen molar-refractivity contribution in [3.05, 3.63) is 29.8 Å². The summed E-state index contributed by atoms with van der Waals surface area (Å²) >= 11 is 0. The number of hydrogen-bond acceptors (Lipinski definition) is 5.